The van der Waals surface area contributed by atoms with Crippen molar-refractivity contribution in [2.24, 2.45) is 0 Å². The zero-order valence-corrected chi connectivity index (χ0v) is 18.6. The second-order valence-corrected chi connectivity index (χ2v) is 7.69. The van der Waals surface area contributed by atoms with Gasteiger partial charge in [-0.25, -0.2) is 0 Å². The molecule has 3 aromatic rings. The molecule has 148 valence electrons. The number of hydrogen-bond acceptors (Lipinski definition) is 4. The van der Waals surface area contributed by atoms with E-state index in [-0.39, 0.29) is 17.6 Å². The number of carbonyl (C=O) groups is 1. The van der Waals surface area contributed by atoms with Crippen LogP contribution in [-0.4, -0.2) is 18.1 Å². The van der Waals surface area contributed by atoms with E-state index in [0.717, 1.165) is 20.6 Å². The zero-order chi connectivity index (χ0) is 20.6. The Morgan fingerprint density at radius 1 is 0.966 bits per heavy atom. The summed E-state index contributed by atoms with van der Waals surface area (Å²) in [7, 11) is 1.61. The van der Waals surface area contributed by atoms with Crippen molar-refractivity contribution < 1.29 is 14.3 Å². The van der Waals surface area contributed by atoms with Crippen LogP contribution in [0.25, 0.3) is 0 Å². The summed E-state index contributed by atoms with van der Waals surface area (Å²) in [5.41, 5.74) is 2.08. The van der Waals surface area contributed by atoms with E-state index in [1.54, 1.807) is 19.2 Å². The quantitative estimate of drug-likeness (QED) is 0.355. The van der Waals surface area contributed by atoms with Gasteiger partial charge in [-0.15, -0.1) is 0 Å². The van der Waals surface area contributed by atoms with Crippen molar-refractivity contribution in [3.8, 4) is 11.5 Å². The first-order valence-corrected chi connectivity index (χ1v) is 10.3. The number of amides is 1. The third-order valence-corrected chi connectivity index (χ3v) is 4.97. The Bertz CT molecular complexity index is 992. The summed E-state index contributed by atoms with van der Waals surface area (Å²) in [6, 6.07) is 22.3. The molecule has 0 atom stereocenters. The molecular formula is C22H19IN2O3S. The minimum Gasteiger partial charge on any atom is -0.497 e. The van der Waals surface area contributed by atoms with Crippen LogP contribution in [0, 0.1) is 3.57 Å². The normalized spacial score (nSPS) is 10.1. The molecule has 5 nitrogen and oxygen atoms in total. The highest BCUT2D eigenvalue weighted by atomic mass is 127. The second-order valence-electron chi connectivity index (χ2n) is 6.04. The van der Waals surface area contributed by atoms with E-state index in [9.17, 15) is 4.79 Å². The fourth-order valence-electron chi connectivity index (χ4n) is 2.57. The van der Waals surface area contributed by atoms with Gasteiger partial charge in [-0.05, 0) is 89.4 Å². The molecule has 0 bridgehead atoms. The molecule has 0 aromatic heterocycles. The number of ether oxygens (including phenoxy) is 2. The molecule has 0 fully saturated rings. The summed E-state index contributed by atoms with van der Waals surface area (Å²) in [6.45, 7) is 0.257. The molecule has 2 N–H and O–H groups in total. The molecule has 3 rings (SSSR count). The zero-order valence-electron chi connectivity index (χ0n) is 15.6. The van der Waals surface area contributed by atoms with Gasteiger partial charge in [0.05, 0.1) is 7.11 Å². The molecule has 0 aliphatic rings. The molecule has 0 aliphatic carbocycles. The Labute approximate surface area is 188 Å². The van der Waals surface area contributed by atoms with Gasteiger partial charge >= 0.3 is 0 Å². The van der Waals surface area contributed by atoms with Crippen molar-refractivity contribution in [1.29, 1.82) is 0 Å². The van der Waals surface area contributed by atoms with E-state index in [1.807, 2.05) is 60.7 Å². The Balaban J connectivity index is 1.62. The summed E-state index contributed by atoms with van der Waals surface area (Å²) >= 11 is 7.49. The smallest absolute Gasteiger partial charge is 0.257 e. The molecule has 3 aromatic carbocycles. The van der Waals surface area contributed by atoms with E-state index in [4.69, 9.17) is 21.7 Å². The maximum atomic E-state index is 12.7. The average Bonchev–Trinajstić information content (AvgIpc) is 2.74. The maximum absolute atomic E-state index is 12.7. The van der Waals surface area contributed by atoms with Gasteiger partial charge in [-0.3, -0.25) is 10.1 Å². The summed E-state index contributed by atoms with van der Waals surface area (Å²) in [5, 5.41) is 5.97. The van der Waals surface area contributed by atoms with Crippen LogP contribution in [0.3, 0.4) is 0 Å². The van der Waals surface area contributed by atoms with E-state index in [1.165, 1.54) is 0 Å². The highest BCUT2D eigenvalue weighted by Crippen LogP contribution is 2.19. The molecule has 1 amide bonds. The molecule has 0 saturated carbocycles. The highest BCUT2D eigenvalue weighted by Gasteiger charge is 2.13. The lowest BCUT2D eigenvalue weighted by Gasteiger charge is -2.13. The van der Waals surface area contributed by atoms with Crippen molar-refractivity contribution in [2.75, 3.05) is 12.4 Å². The van der Waals surface area contributed by atoms with Crippen LogP contribution in [-0.2, 0) is 6.61 Å². The predicted molar refractivity (Wildman–Crippen MR) is 127 cm³/mol. The molecule has 0 spiro atoms. The molecule has 7 heteroatoms. The van der Waals surface area contributed by atoms with Crippen LogP contribution < -0.4 is 20.1 Å². The van der Waals surface area contributed by atoms with Crippen LogP contribution >= 0.6 is 34.8 Å². The van der Waals surface area contributed by atoms with Gasteiger partial charge < -0.3 is 14.8 Å². The predicted octanol–water partition coefficient (Wildman–Crippen LogP) is 5.01. The molecule has 0 unspecified atom stereocenters. The second kappa shape index (κ2) is 10.2. The van der Waals surface area contributed by atoms with Crippen LogP contribution in [0.4, 0.5) is 5.69 Å². The third kappa shape index (κ3) is 6.16. The van der Waals surface area contributed by atoms with E-state index in [0.29, 0.717) is 11.3 Å². The van der Waals surface area contributed by atoms with Gasteiger partial charge in [0.1, 0.15) is 18.1 Å². The summed E-state index contributed by atoms with van der Waals surface area (Å²) < 4.78 is 12.1. The van der Waals surface area contributed by atoms with Gasteiger partial charge in [-0.1, -0.05) is 18.2 Å². The molecule has 0 aliphatic heterocycles. The first kappa shape index (κ1) is 21.1. The summed E-state index contributed by atoms with van der Waals surface area (Å²) in [4.78, 5) is 12.7. The monoisotopic (exact) mass is 518 g/mol. The Morgan fingerprint density at radius 2 is 1.62 bits per heavy atom. The van der Waals surface area contributed by atoms with Gasteiger partial charge in [0.25, 0.3) is 5.91 Å². The first-order valence-electron chi connectivity index (χ1n) is 8.78. The van der Waals surface area contributed by atoms with Gasteiger partial charge in [0.15, 0.2) is 5.11 Å². The van der Waals surface area contributed by atoms with Gasteiger partial charge in [-0.2, -0.15) is 0 Å². The van der Waals surface area contributed by atoms with Crippen molar-refractivity contribution in [2.45, 2.75) is 6.61 Å². The molecule has 0 saturated heterocycles. The molecule has 29 heavy (non-hydrogen) atoms. The van der Waals surface area contributed by atoms with Crippen LogP contribution in [0.5, 0.6) is 11.5 Å². The largest absolute Gasteiger partial charge is 0.497 e. The first-order chi connectivity index (χ1) is 14.0. The number of carbonyl (C=O) groups excluding carboxylic acids is 1. The lowest BCUT2D eigenvalue weighted by Crippen LogP contribution is -2.34. The van der Waals surface area contributed by atoms with Crippen molar-refractivity contribution in [3.05, 3.63) is 87.5 Å². The number of hydrogen-bond donors (Lipinski definition) is 2. The van der Waals surface area contributed by atoms with Crippen LogP contribution in [0.2, 0.25) is 0 Å². The molecular weight excluding hydrogens is 499 g/mol. The lowest BCUT2D eigenvalue weighted by atomic mass is 10.1. The van der Waals surface area contributed by atoms with E-state index >= 15 is 0 Å². The van der Waals surface area contributed by atoms with Crippen LogP contribution in [0.1, 0.15) is 15.9 Å². The topological polar surface area (TPSA) is 59.6 Å². The Morgan fingerprint density at radius 3 is 2.31 bits per heavy atom. The molecule has 0 heterocycles. The lowest BCUT2D eigenvalue weighted by molar-refractivity contribution is 0.0975. The van der Waals surface area contributed by atoms with Crippen LogP contribution in [0.15, 0.2) is 72.8 Å². The number of halogens is 1. The number of anilines is 1. The maximum Gasteiger partial charge on any atom is 0.257 e. The Hall–Kier alpha value is -2.65. The number of rotatable bonds is 6. The minimum absolute atomic E-state index is 0.238. The number of thiocarbonyl (C=S) groups is 1. The van der Waals surface area contributed by atoms with Crippen molar-refractivity contribution in [3.63, 3.8) is 0 Å². The fraction of sp³-hybridized carbons (Fsp3) is 0.0909. The summed E-state index contributed by atoms with van der Waals surface area (Å²) in [6.07, 6.45) is 0. The highest BCUT2D eigenvalue weighted by molar-refractivity contribution is 14.1. The van der Waals surface area contributed by atoms with Gasteiger partial charge in [0, 0.05) is 20.4 Å². The number of nitrogens with one attached hydrogen (secondary N) is 2. The summed E-state index contributed by atoms with van der Waals surface area (Å²) in [5.74, 6) is 1.16. The van der Waals surface area contributed by atoms with E-state index in [2.05, 4.69) is 33.2 Å². The van der Waals surface area contributed by atoms with Crippen molar-refractivity contribution in [1.82, 2.24) is 5.32 Å². The average molecular weight is 518 g/mol. The molecule has 0 radical (unpaired) electrons. The van der Waals surface area contributed by atoms with Gasteiger partial charge in [0.2, 0.25) is 0 Å². The van der Waals surface area contributed by atoms with E-state index < -0.39 is 0 Å². The Kier molecular flexibility index (Phi) is 7.42. The standard InChI is InChI=1S/C22H19IN2O3S/c1-27-18-10-12-19(13-11-18)28-14-15-4-2-3-5-20(15)21(26)25-22(29)24-17-8-6-16(23)7-9-17/h2-13H,14H2,1H3,(H2,24,25,26,29). The van der Waals surface area contributed by atoms with Crippen molar-refractivity contribution >= 4 is 51.5 Å². The third-order valence-electron chi connectivity index (χ3n) is 4.04. The number of methoxy groups -OCH3 is 1. The fourth-order valence-corrected chi connectivity index (χ4v) is 3.14. The SMILES string of the molecule is COc1ccc(OCc2ccccc2C(=O)NC(=S)Nc2ccc(I)cc2)cc1. The number of benzene rings is 3. The minimum atomic E-state index is -0.290.